The fourth-order valence-electron chi connectivity index (χ4n) is 2.00. The highest BCUT2D eigenvalue weighted by atomic mass is 16.6. The van der Waals surface area contributed by atoms with Gasteiger partial charge in [0.05, 0.1) is 21.7 Å². The van der Waals surface area contributed by atoms with Crippen molar-refractivity contribution in [2.45, 2.75) is 13.0 Å². The molecular formula is C17H13N3O6. The Labute approximate surface area is 147 Å². The molecule has 0 heterocycles. The van der Waals surface area contributed by atoms with Crippen LogP contribution in [-0.4, -0.2) is 28.0 Å². The molecule has 0 aliphatic heterocycles. The number of amides is 1. The number of nitriles is 1. The maximum absolute atomic E-state index is 12.2. The summed E-state index contributed by atoms with van der Waals surface area (Å²) in [5, 5.41) is 31.5. The second kappa shape index (κ2) is 7.76. The molecule has 2 rings (SSSR count). The summed E-state index contributed by atoms with van der Waals surface area (Å²) in [6, 6.07) is 10.6. The van der Waals surface area contributed by atoms with Crippen LogP contribution in [0.3, 0.4) is 0 Å². The number of benzene rings is 2. The van der Waals surface area contributed by atoms with E-state index in [0.717, 1.165) is 12.1 Å². The molecule has 9 heteroatoms. The second-order valence-corrected chi connectivity index (χ2v) is 5.19. The number of rotatable bonds is 5. The average molecular weight is 355 g/mol. The Morgan fingerprint density at radius 3 is 2.65 bits per heavy atom. The van der Waals surface area contributed by atoms with Crippen LogP contribution in [-0.2, 0) is 9.53 Å². The molecule has 0 aromatic heterocycles. The molecule has 0 saturated heterocycles. The quantitative estimate of drug-likeness (QED) is 0.476. The van der Waals surface area contributed by atoms with Crippen molar-refractivity contribution in [3.63, 3.8) is 0 Å². The molecule has 2 N–H and O–H groups in total. The first-order valence-corrected chi connectivity index (χ1v) is 7.31. The van der Waals surface area contributed by atoms with Gasteiger partial charge in [0.2, 0.25) is 0 Å². The van der Waals surface area contributed by atoms with Crippen molar-refractivity contribution < 1.29 is 24.4 Å². The van der Waals surface area contributed by atoms with Crippen LogP contribution in [0.4, 0.5) is 11.4 Å². The molecule has 0 saturated carbocycles. The van der Waals surface area contributed by atoms with E-state index in [2.05, 4.69) is 5.32 Å². The Kier molecular flexibility index (Phi) is 5.49. The molecule has 0 unspecified atom stereocenters. The molecule has 0 fully saturated rings. The Hall–Kier alpha value is -3.93. The van der Waals surface area contributed by atoms with Gasteiger partial charge < -0.3 is 15.2 Å². The molecule has 1 amide bonds. The van der Waals surface area contributed by atoms with E-state index in [1.807, 2.05) is 0 Å². The summed E-state index contributed by atoms with van der Waals surface area (Å²) in [5.74, 6) is -1.65. The second-order valence-electron chi connectivity index (χ2n) is 5.19. The summed E-state index contributed by atoms with van der Waals surface area (Å²) in [6.07, 6.45) is -1.20. The normalized spacial score (nSPS) is 11.1. The van der Waals surface area contributed by atoms with Gasteiger partial charge in [-0.05, 0) is 31.2 Å². The molecule has 0 aliphatic rings. The fraction of sp³-hybridized carbons (Fsp3) is 0.118. The van der Waals surface area contributed by atoms with Crippen molar-refractivity contribution in [2.75, 3.05) is 5.32 Å². The number of nitro benzene ring substituents is 1. The minimum absolute atomic E-state index is 0.0587. The Balaban J connectivity index is 2.08. The number of aromatic hydroxyl groups is 1. The van der Waals surface area contributed by atoms with Crippen LogP contribution < -0.4 is 5.32 Å². The van der Waals surface area contributed by atoms with Gasteiger partial charge in [-0.25, -0.2) is 4.79 Å². The standard InChI is InChI=1S/C17H13N3O6/c1-10(26-17(23)11-3-2-4-14(21)8-11)16(22)19-15-6-5-13(20(24)25)7-12(15)9-18/h2-8,10,21H,1H3,(H,19,22)/t10-/m1/s1. The van der Waals surface area contributed by atoms with E-state index in [-0.39, 0.29) is 28.3 Å². The third-order valence-electron chi connectivity index (χ3n) is 3.33. The van der Waals surface area contributed by atoms with Crippen LogP contribution >= 0.6 is 0 Å². The third-order valence-corrected chi connectivity index (χ3v) is 3.33. The van der Waals surface area contributed by atoms with Crippen LogP contribution in [0.15, 0.2) is 42.5 Å². The number of nitro groups is 1. The van der Waals surface area contributed by atoms with Crippen LogP contribution in [0.1, 0.15) is 22.8 Å². The number of nitrogens with zero attached hydrogens (tertiary/aromatic N) is 2. The van der Waals surface area contributed by atoms with Crippen LogP contribution in [0.25, 0.3) is 0 Å². The summed E-state index contributed by atoms with van der Waals surface area (Å²) in [5.41, 5.74) is -0.261. The van der Waals surface area contributed by atoms with Gasteiger partial charge >= 0.3 is 5.97 Å². The summed E-state index contributed by atoms with van der Waals surface area (Å²) < 4.78 is 5.01. The predicted molar refractivity (Wildman–Crippen MR) is 89.4 cm³/mol. The number of carbonyl (C=O) groups is 2. The number of hydrogen-bond donors (Lipinski definition) is 2. The van der Waals surface area contributed by atoms with Crippen molar-refractivity contribution in [3.05, 3.63) is 63.7 Å². The van der Waals surface area contributed by atoms with Crippen molar-refractivity contribution in [3.8, 4) is 11.8 Å². The number of ether oxygens (including phenoxy) is 1. The highest BCUT2D eigenvalue weighted by Gasteiger charge is 2.21. The minimum Gasteiger partial charge on any atom is -0.508 e. The van der Waals surface area contributed by atoms with E-state index >= 15 is 0 Å². The van der Waals surface area contributed by atoms with Gasteiger partial charge in [-0.15, -0.1) is 0 Å². The first-order valence-electron chi connectivity index (χ1n) is 7.31. The van der Waals surface area contributed by atoms with E-state index in [0.29, 0.717) is 0 Å². The fourth-order valence-corrected chi connectivity index (χ4v) is 2.00. The number of non-ortho nitro benzene ring substituents is 1. The first-order chi connectivity index (χ1) is 12.3. The number of esters is 1. The summed E-state index contributed by atoms with van der Waals surface area (Å²) >= 11 is 0. The Bertz CT molecular complexity index is 919. The lowest BCUT2D eigenvalue weighted by atomic mass is 10.1. The summed E-state index contributed by atoms with van der Waals surface area (Å²) in [7, 11) is 0. The van der Waals surface area contributed by atoms with Crippen molar-refractivity contribution >= 4 is 23.3 Å². The van der Waals surface area contributed by atoms with Gasteiger partial charge in [-0.2, -0.15) is 5.26 Å². The van der Waals surface area contributed by atoms with Gasteiger partial charge in [0.15, 0.2) is 6.10 Å². The van der Waals surface area contributed by atoms with E-state index in [4.69, 9.17) is 10.00 Å². The third kappa shape index (κ3) is 4.33. The minimum atomic E-state index is -1.20. The molecule has 26 heavy (non-hydrogen) atoms. The largest absolute Gasteiger partial charge is 0.508 e. The highest BCUT2D eigenvalue weighted by Crippen LogP contribution is 2.22. The lowest BCUT2D eigenvalue weighted by Gasteiger charge is -2.14. The topological polar surface area (TPSA) is 143 Å². The zero-order valence-electron chi connectivity index (χ0n) is 13.5. The van der Waals surface area contributed by atoms with Crippen LogP contribution in [0.2, 0.25) is 0 Å². The number of hydrogen-bond acceptors (Lipinski definition) is 7. The average Bonchev–Trinajstić information content (AvgIpc) is 2.61. The SMILES string of the molecule is C[C@@H](OC(=O)c1cccc(O)c1)C(=O)Nc1ccc([N+](=O)[O-])cc1C#N. The molecule has 1 atom stereocenters. The van der Waals surface area contributed by atoms with Gasteiger partial charge in [-0.1, -0.05) is 6.07 Å². The predicted octanol–water partition coefficient (Wildman–Crippen LogP) is 2.36. The molecule has 0 radical (unpaired) electrons. The van der Waals surface area contributed by atoms with E-state index in [9.17, 15) is 24.8 Å². The van der Waals surface area contributed by atoms with Gasteiger partial charge in [0.25, 0.3) is 11.6 Å². The van der Waals surface area contributed by atoms with Gasteiger partial charge in [0.1, 0.15) is 11.8 Å². The molecule has 0 bridgehead atoms. The molecular weight excluding hydrogens is 342 g/mol. The van der Waals surface area contributed by atoms with Crippen LogP contribution in [0, 0.1) is 21.4 Å². The number of carbonyl (C=O) groups excluding carboxylic acids is 2. The van der Waals surface area contributed by atoms with E-state index < -0.39 is 22.9 Å². The van der Waals surface area contributed by atoms with Crippen molar-refractivity contribution in [1.29, 1.82) is 5.26 Å². The molecule has 2 aromatic carbocycles. The zero-order valence-corrected chi connectivity index (χ0v) is 13.5. The molecule has 0 aliphatic carbocycles. The number of phenolic OH excluding ortho intramolecular Hbond substituents is 1. The van der Waals surface area contributed by atoms with Gasteiger partial charge in [-0.3, -0.25) is 14.9 Å². The number of nitrogens with one attached hydrogen (secondary N) is 1. The Morgan fingerprint density at radius 2 is 2.04 bits per heavy atom. The summed E-state index contributed by atoms with van der Waals surface area (Å²) in [6.45, 7) is 1.33. The lowest BCUT2D eigenvalue weighted by Crippen LogP contribution is -2.30. The molecule has 0 spiro atoms. The maximum atomic E-state index is 12.2. The zero-order chi connectivity index (χ0) is 19.3. The maximum Gasteiger partial charge on any atom is 0.339 e. The van der Waals surface area contributed by atoms with E-state index in [1.165, 1.54) is 37.3 Å². The highest BCUT2D eigenvalue weighted by molar-refractivity contribution is 5.98. The van der Waals surface area contributed by atoms with Crippen LogP contribution in [0.5, 0.6) is 5.75 Å². The molecule has 9 nitrogen and oxygen atoms in total. The lowest BCUT2D eigenvalue weighted by molar-refractivity contribution is -0.384. The molecule has 132 valence electrons. The number of phenols is 1. The van der Waals surface area contributed by atoms with Crippen molar-refractivity contribution in [1.82, 2.24) is 0 Å². The smallest absolute Gasteiger partial charge is 0.339 e. The monoisotopic (exact) mass is 355 g/mol. The molecule has 2 aromatic rings. The van der Waals surface area contributed by atoms with Crippen molar-refractivity contribution in [2.24, 2.45) is 0 Å². The Morgan fingerprint density at radius 1 is 1.31 bits per heavy atom. The number of anilines is 1. The van der Waals surface area contributed by atoms with Gasteiger partial charge in [0, 0.05) is 12.1 Å². The van der Waals surface area contributed by atoms with E-state index in [1.54, 1.807) is 6.07 Å². The summed E-state index contributed by atoms with van der Waals surface area (Å²) in [4.78, 5) is 34.2. The first kappa shape index (κ1) is 18.4.